The van der Waals surface area contributed by atoms with Gasteiger partial charge in [-0.3, -0.25) is 0 Å². The highest BCUT2D eigenvalue weighted by Crippen LogP contribution is 2.21. The van der Waals surface area contributed by atoms with Gasteiger partial charge in [0.2, 0.25) is 0 Å². The molecule has 0 saturated heterocycles. The summed E-state index contributed by atoms with van der Waals surface area (Å²) in [6, 6.07) is 7.05. The Labute approximate surface area is 143 Å². The average Bonchev–Trinajstić information content (AvgIpc) is 3.08. The van der Waals surface area contributed by atoms with Crippen LogP contribution in [-0.4, -0.2) is 48.8 Å². The van der Waals surface area contributed by atoms with Crippen molar-refractivity contribution in [3.63, 3.8) is 0 Å². The summed E-state index contributed by atoms with van der Waals surface area (Å²) in [6.45, 7) is 1.28. The zero-order valence-corrected chi connectivity index (χ0v) is 14.4. The van der Waals surface area contributed by atoms with Crippen LogP contribution in [0.5, 0.6) is 0 Å². The van der Waals surface area contributed by atoms with E-state index in [2.05, 4.69) is 22.6 Å². The summed E-state index contributed by atoms with van der Waals surface area (Å²) in [5.74, 6) is 0. The van der Waals surface area contributed by atoms with Crippen LogP contribution in [0.15, 0.2) is 24.3 Å². The van der Waals surface area contributed by atoms with Gasteiger partial charge in [-0.25, -0.2) is 4.79 Å². The number of urea groups is 1. The van der Waals surface area contributed by atoms with E-state index < -0.39 is 6.04 Å². The third-order valence-electron chi connectivity index (χ3n) is 4.46. The molecular weight excluding hydrogens is 314 g/mol. The molecule has 1 unspecified atom stereocenters. The largest absolute Gasteiger partial charge is 0.394 e. The Morgan fingerprint density at radius 3 is 2.61 bits per heavy atom. The van der Waals surface area contributed by atoms with Crippen molar-refractivity contribution >= 4 is 17.6 Å². The van der Waals surface area contributed by atoms with Crippen molar-refractivity contribution < 1.29 is 9.90 Å². The standard InChI is InChI=1S/C17H26ClN3O2/c1-21(15-4-2-3-5-15)11-10-19-17(23)20-16(12-22)13-6-8-14(18)9-7-13/h6-9,15-16,22H,2-5,10-12H2,1H3,(H2,19,20,23). The van der Waals surface area contributed by atoms with Gasteiger partial charge in [0.1, 0.15) is 0 Å². The average molecular weight is 340 g/mol. The summed E-state index contributed by atoms with van der Waals surface area (Å²) in [5.41, 5.74) is 0.829. The Kier molecular flexibility index (Phi) is 7.15. The van der Waals surface area contributed by atoms with Crippen LogP contribution in [0.25, 0.3) is 0 Å². The van der Waals surface area contributed by atoms with E-state index in [1.165, 1.54) is 25.7 Å². The zero-order valence-electron chi connectivity index (χ0n) is 13.6. The fourth-order valence-corrected chi connectivity index (χ4v) is 3.14. The molecule has 3 N–H and O–H groups in total. The number of carbonyl (C=O) groups excluding carboxylic acids is 1. The normalized spacial score (nSPS) is 16.5. The van der Waals surface area contributed by atoms with Crippen LogP contribution in [0.3, 0.4) is 0 Å². The lowest BCUT2D eigenvalue weighted by molar-refractivity contribution is 0.211. The highest BCUT2D eigenvalue weighted by atomic mass is 35.5. The zero-order chi connectivity index (χ0) is 16.7. The minimum absolute atomic E-state index is 0.156. The number of amides is 2. The molecule has 1 aliphatic carbocycles. The van der Waals surface area contributed by atoms with Crippen LogP contribution in [-0.2, 0) is 0 Å². The Bertz CT molecular complexity index is 489. The molecule has 6 heteroatoms. The number of halogens is 1. The number of benzene rings is 1. The van der Waals surface area contributed by atoms with E-state index in [4.69, 9.17) is 11.6 Å². The molecule has 0 bridgehead atoms. The monoisotopic (exact) mass is 339 g/mol. The van der Waals surface area contributed by atoms with Crippen molar-refractivity contribution in [3.8, 4) is 0 Å². The minimum Gasteiger partial charge on any atom is -0.394 e. The molecule has 23 heavy (non-hydrogen) atoms. The van der Waals surface area contributed by atoms with Gasteiger partial charge in [-0.15, -0.1) is 0 Å². The second-order valence-electron chi connectivity index (χ2n) is 6.11. The van der Waals surface area contributed by atoms with Gasteiger partial charge < -0.3 is 20.6 Å². The van der Waals surface area contributed by atoms with Crippen LogP contribution in [0.4, 0.5) is 4.79 Å². The van der Waals surface area contributed by atoms with E-state index in [1.807, 2.05) is 0 Å². The lowest BCUT2D eigenvalue weighted by atomic mass is 10.1. The van der Waals surface area contributed by atoms with E-state index in [-0.39, 0.29) is 12.6 Å². The molecule has 0 heterocycles. The van der Waals surface area contributed by atoms with Gasteiger partial charge in [-0.2, -0.15) is 0 Å². The van der Waals surface area contributed by atoms with Crippen LogP contribution in [0.2, 0.25) is 5.02 Å². The van der Waals surface area contributed by atoms with Gasteiger partial charge in [0.15, 0.2) is 0 Å². The van der Waals surface area contributed by atoms with Crippen molar-refractivity contribution in [1.82, 2.24) is 15.5 Å². The van der Waals surface area contributed by atoms with Gasteiger partial charge in [-0.1, -0.05) is 36.6 Å². The molecule has 1 aromatic rings. The first-order chi connectivity index (χ1) is 11.1. The molecule has 0 radical (unpaired) electrons. The van der Waals surface area contributed by atoms with Gasteiger partial charge in [0.25, 0.3) is 0 Å². The number of aliphatic hydroxyl groups is 1. The molecule has 2 amide bonds. The summed E-state index contributed by atoms with van der Waals surface area (Å²) >= 11 is 5.85. The second kappa shape index (κ2) is 9.11. The van der Waals surface area contributed by atoms with E-state index in [9.17, 15) is 9.90 Å². The number of aliphatic hydroxyl groups excluding tert-OH is 1. The Balaban J connectivity index is 1.73. The Hall–Kier alpha value is -1.30. The predicted molar refractivity (Wildman–Crippen MR) is 92.7 cm³/mol. The molecule has 2 rings (SSSR count). The first-order valence-corrected chi connectivity index (χ1v) is 8.59. The van der Waals surface area contributed by atoms with Gasteiger partial charge in [0.05, 0.1) is 12.6 Å². The summed E-state index contributed by atoms with van der Waals surface area (Å²) < 4.78 is 0. The number of hydrogen-bond acceptors (Lipinski definition) is 3. The van der Waals surface area contributed by atoms with Crippen molar-refractivity contribution in [2.24, 2.45) is 0 Å². The molecule has 0 aliphatic heterocycles. The summed E-state index contributed by atoms with van der Waals surface area (Å²) in [7, 11) is 2.11. The molecule has 0 aromatic heterocycles. The molecule has 128 valence electrons. The van der Waals surface area contributed by atoms with Crippen molar-refractivity contribution in [3.05, 3.63) is 34.9 Å². The molecule has 0 spiro atoms. The maximum atomic E-state index is 12.0. The smallest absolute Gasteiger partial charge is 0.315 e. The maximum Gasteiger partial charge on any atom is 0.315 e. The number of nitrogens with one attached hydrogen (secondary N) is 2. The lowest BCUT2D eigenvalue weighted by Gasteiger charge is -2.24. The van der Waals surface area contributed by atoms with Gasteiger partial charge >= 0.3 is 6.03 Å². The quantitative estimate of drug-likeness (QED) is 0.715. The molecule has 1 aliphatic rings. The highest BCUT2D eigenvalue weighted by molar-refractivity contribution is 6.30. The van der Waals surface area contributed by atoms with Crippen LogP contribution >= 0.6 is 11.6 Å². The van der Waals surface area contributed by atoms with E-state index >= 15 is 0 Å². The highest BCUT2D eigenvalue weighted by Gasteiger charge is 2.19. The number of nitrogens with zero attached hydrogens (tertiary/aromatic N) is 1. The van der Waals surface area contributed by atoms with E-state index in [1.54, 1.807) is 24.3 Å². The maximum absolute atomic E-state index is 12.0. The number of likely N-dealkylation sites (N-methyl/N-ethyl adjacent to an activating group) is 1. The topological polar surface area (TPSA) is 64.6 Å². The van der Waals surface area contributed by atoms with E-state index in [0.717, 1.165) is 12.1 Å². The SMILES string of the molecule is CN(CCNC(=O)NC(CO)c1ccc(Cl)cc1)C1CCCC1. The van der Waals surface area contributed by atoms with Crippen LogP contribution in [0.1, 0.15) is 37.3 Å². The van der Waals surface area contributed by atoms with Gasteiger partial charge in [0, 0.05) is 24.2 Å². The van der Waals surface area contributed by atoms with E-state index in [0.29, 0.717) is 17.6 Å². The first kappa shape index (κ1) is 18.0. The molecule has 1 atom stereocenters. The molecule has 1 fully saturated rings. The summed E-state index contributed by atoms with van der Waals surface area (Å²) in [5, 5.41) is 15.7. The van der Waals surface area contributed by atoms with Gasteiger partial charge in [-0.05, 0) is 37.6 Å². The second-order valence-corrected chi connectivity index (χ2v) is 6.54. The lowest BCUT2D eigenvalue weighted by Crippen LogP contribution is -2.43. The fraction of sp³-hybridized carbons (Fsp3) is 0.588. The summed E-state index contributed by atoms with van der Waals surface area (Å²) in [6.07, 6.45) is 5.13. The number of hydrogen-bond donors (Lipinski definition) is 3. The number of rotatable bonds is 7. The number of carbonyl (C=O) groups is 1. The molecule has 1 saturated carbocycles. The Morgan fingerprint density at radius 1 is 1.35 bits per heavy atom. The first-order valence-electron chi connectivity index (χ1n) is 8.21. The van der Waals surface area contributed by atoms with Crippen molar-refractivity contribution in [2.45, 2.75) is 37.8 Å². The Morgan fingerprint density at radius 2 is 2.00 bits per heavy atom. The fourth-order valence-electron chi connectivity index (χ4n) is 3.01. The molecule has 5 nitrogen and oxygen atoms in total. The predicted octanol–water partition coefficient (Wildman–Crippen LogP) is 2.55. The van der Waals surface area contributed by atoms with Crippen LogP contribution in [0, 0.1) is 0 Å². The van der Waals surface area contributed by atoms with Crippen LogP contribution < -0.4 is 10.6 Å². The molecular formula is C17H26ClN3O2. The molecule has 1 aromatic carbocycles. The van der Waals surface area contributed by atoms with Crippen molar-refractivity contribution in [1.29, 1.82) is 0 Å². The van der Waals surface area contributed by atoms with Crippen molar-refractivity contribution in [2.75, 3.05) is 26.7 Å². The minimum atomic E-state index is -0.431. The third kappa shape index (κ3) is 5.68. The third-order valence-corrected chi connectivity index (χ3v) is 4.71. The summed E-state index contributed by atoms with van der Waals surface area (Å²) in [4.78, 5) is 14.3.